The van der Waals surface area contributed by atoms with Crippen LogP contribution in [0.1, 0.15) is 15.9 Å². The third kappa shape index (κ3) is 4.21. The number of fused-ring (bicyclic) bond motifs is 1. The number of aromatic nitrogens is 5. The summed E-state index contributed by atoms with van der Waals surface area (Å²) in [5, 5.41) is 8.61. The van der Waals surface area contributed by atoms with Crippen molar-refractivity contribution >= 4 is 32.7 Å². The van der Waals surface area contributed by atoms with Crippen LogP contribution in [0.15, 0.2) is 65.8 Å². The molecule has 3 heterocycles. The maximum Gasteiger partial charge on any atom is 0.255 e. The molecule has 0 bridgehead atoms. The van der Waals surface area contributed by atoms with Crippen molar-refractivity contribution < 1.29 is 13.2 Å². The fourth-order valence-corrected chi connectivity index (χ4v) is 5.01. The Morgan fingerprint density at radius 1 is 0.941 bits per heavy atom. The summed E-state index contributed by atoms with van der Waals surface area (Å²) in [7, 11) is -3.51. The average Bonchev–Trinajstić information content (AvgIpc) is 3.27. The van der Waals surface area contributed by atoms with Crippen LogP contribution < -0.4 is 4.90 Å². The topological polar surface area (TPSA) is 114 Å². The number of carbonyl (C=O) groups excluding carboxylic acids is 1. The molecule has 2 aromatic heterocycles. The minimum atomic E-state index is -3.51. The van der Waals surface area contributed by atoms with Crippen molar-refractivity contribution in [2.75, 3.05) is 37.3 Å². The maximum atomic E-state index is 13.1. The van der Waals surface area contributed by atoms with E-state index in [2.05, 4.69) is 25.2 Å². The van der Waals surface area contributed by atoms with Crippen molar-refractivity contribution in [3.8, 4) is 0 Å². The molecule has 4 aromatic rings. The number of benzene rings is 2. The van der Waals surface area contributed by atoms with Crippen LogP contribution in [0.4, 0.5) is 5.82 Å². The molecule has 1 aliphatic heterocycles. The number of hydrogen-bond donors (Lipinski definition) is 0. The predicted octanol–water partition coefficient (Wildman–Crippen LogP) is 1.64. The van der Waals surface area contributed by atoms with Crippen LogP contribution in [0, 0.1) is 0 Å². The Kier molecular flexibility index (Phi) is 5.70. The van der Waals surface area contributed by atoms with E-state index in [-0.39, 0.29) is 16.4 Å². The van der Waals surface area contributed by atoms with E-state index in [1.807, 2.05) is 30.3 Å². The van der Waals surface area contributed by atoms with E-state index in [4.69, 9.17) is 0 Å². The van der Waals surface area contributed by atoms with Gasteiger partial charge in [-0.25, -0.2) is 23.1 Å². The van der Waals surface area contributed by atoms with E-state index >= 15 is 0 Å². The summed E-state index contributed by atoms with van der Waals surface area (Å²) in [5.41, 5.74) is 2.55. The Morgan fingerprint density at radius 3 is 2.38 bits per heavy atom. The van der Waals surface area contributed by atoms with Gasteiger partial charge >= 0.3 is 0 Å². The summed E-state index contributed by atoms with van der Waals surface area (Å²) >= 11 is 0. The first-order chi connectivity index (χ1) is 16.4. The number of anilines is 1. The molecular weight excluding hydrogens is 454 g/mol. The number of rotatable bonds is 5. The molecule has 34 heavy (non-hydrogen) atoms. The van der Waals surface area contributed by atoms with Crippen LogP contribution >= 0.6 is 0 Å². The summed E-state index contributed by atoms with van der Waals surface area (Å²) in [5.74, 6) is 0.385. The monoisotopic (exact) mass is 477 g/mol. The lowest BCUT2D eigenvalue weighted by Gasteiger charge is -2.35. The zero-order chi connectivity index (χ0) is 23.7. The van der Waals surface area contributed by atoms with E-state index in [0.29, 0.717) is 49.7 Å². The molecule has 5 rings (SSSR count). The lowest BCUT2D eigenvalue weighted by atomic mass is 10.2. The number of amides is 1. The largest absolute Gasteiger partial charge is 0.351 e. The Bertz CT molecular complexity index is 1450. The van der Waals surface area contributed by atoms with Gasteiger partial charge in [0.1, 0.15) is 6.33 Å². The van der Waals surface area contributed by atoms with Gasteiger partial charge in [0.05, 0.1) is 17.0 Å². The van der Waals surface area contributed by atoms with Crippen LogP contribution in [-0.2, 0) is 16.4 Å². The fourth-order valence-electron chi connectivity index (χ4n) is 4.13. The fraction of sp³-hybridized carbons (Fsp3) is 0.261. The maximum absolute atomic E-state index is 13.1. The van der Waals surface area contributed by atoms with Gasteiger partial charge in [-0.3, -0.25) is 4.79 Å². The highest BCUT2D eigenvalue weighted by Gasteiger charge is 2.28. The van der Waals surface area contributed by atoms with Gasteiger partial charge in [-0.15, -0.1) is 5.10 Å². The number of sulfone groups is 1. The molecule has 1 aliphatic rings. The first-order valence-corrected chi connectivity index (χ1v) is 12.7. The van der Waals surface area contributed by atoms with Crippen LogP contribution in [0.25, 0.3) is 11.2 Å². The molecule has 0 aliphatic carbocycles. The molecule has 0 saturated carbocycles. The first kappa shape index (κ1) is 22.0. The molecule has 10 nitrogen and oxygen atoms in total. The van der Waals surface area contributed by atoms with Gasteiger partial charge in [0.2, 0.25) is 0 Å². The second kappa shape index (κ2) is 8.82. The smallest absolute Gasteiger partial charge is 0.255 e. The van der Waals surface area contributed by atoms with Crippen molar-refractivity contribution in [2.24, 2.45) is 0 Å². The number of nitrogens with zero attached hydrogens (tertiary/aromatic N) is 7. The molecular formula is C23H23N7O3S. The zero-order valence-corrected chi connectivity index (χ0v) is 19.4. The average molecular weight is 478 g/mol. The van der Waals surface area contributed by atoms with Crippen molar-refractivity contribution in [2.45, 2.75) is 11.4 Å². The van der Waals surface area contributed by atoms with Gasteiger partial charge in [0, 0.05) is 32.4 Å². The first-order valence-electron chi connectivity index (χ1n) is 10.8. The standard InChI is InChI=1S/C23H23N7O3S/c1-34(32,33)19-10-6-5-9-18(19)23(31)29-13-11-28(12-14-29)21-20-22(25-16-24-21)30(27-26-20)15-17-7-3-2-4-8-17/h2-10,16H,11-15H2,1H3. The Labute approximate surface area is 196 Å². The lowest BCUT2D eigenvalue weighted by molar-refractivity contribution is 0.0742. The lowest BCUT2D eigenvalue weighted by Crippen LogP contribution is -2.49. The van der Waals surface area contributed by atoms with Crippen LogP contribution in [-0.4, -0.2) is 76.6 Å². The van der Waals surface area contributed by atoms with E-state index in [1.54, 1.807) is 27.8 Å². The highest BCUT2D eigenvalue weighted by molar-refractivity contribution is 7.90. The minimum absolute atomic E-state index is 0.0509. The molecule has 11 heteroatoms. The summed E-state index contributed by atoms with van der Waals surface area (Å²) in [4.78, 5) is 25.7. The molecule has 1 saturated heterocycles. The summed E-state index contributed by atoms with van der Waals surface area (Å²) < 4.78 is 26.0. The molecule has 0 N–H and O–H groups in total. The van der Waals surface area contributed by atoms with Gasteiger partial charge < -0.3 is 9.80 Å². The summed E-state index contributed by atoms with van der Waals surface area (Å²) in [6, 6.07) is 16.3. The van der Waals surface area contributed by atoms with Crippen LogP contribution in [0.3, 0.4) is 0 Å². The predicted molar refractivity (Wildman–Crippen MR) is 126 cm³/mol. The van der Waals surface area contributed by atoms with Crippen molar-refractivity contribution in [3.05, 3.63) is 72.1 Å². The molecule has 1 amide bonds. The molecule has 174 valence electrons. The van der Waals surface area contributed by atoms with Crippen molar-refractivity contribution in [3.63, 3.8) is 0 Å². The highest BCUT2D eigenvalue weighted by atomic mass is 32.2. The van der Waals surface area contributed by atoms with Gasteiger partial charge in [-0.1, -0.05) is 47.7 Å². The highest BCUT2D eigenvalue weighted by Crippen LogP contribution is 2.24. The number of hydrogen-bond acceptors (Lipinski definition) is 8. The van der Waals surface area contributed by atoms with E-state index < -0.39 is 9.84 Å². The Balaban J connectivity index is 1.34. The third-order valence-electron chi connectivity index (χ3n) is 5.84. The van der Waals surface area contributed by atoms with Gasteiger partial charge in [-0.05, 0) is 17.7 Å². The SMILES string of the molecule is CS(=O)(=O)c1ccccc1C(=O)N1CCN(c2ncnc3c2nnn3Cc2ccccc2)CC1. The van der Waals surface area contributed by atoms with Crippen molar-refractivity contribution in [1.82, 2.24) is 29.9 Å². The van der Waals surface area contributed by atoms with Crippen LogP contribution in [0.2, 0.25) is 0 Å². The summed E-state index contributed by atoms with van der Waals surface area (Å²) in [6.45, 7) is 2.48. The van der Waals surface area contributed by atoms with E-state index in [9.17, 15) is 13.2 Å². The van der Waals surface area contributed by atoms with Gasteiger partial charge in [-0.2, -0.15) is 0 Å². The van der Waals surface area contributed by atoms with Gasteiger partial charge in [0.25, 0.3) is 5.91 Å². The third-order valence-corrected chi connectivity index (χ3v) is 6.99. The van der Waals surface area contributed by atoms with Gasteiger partial charge in [0.15, 0.2) is 26.8 Å². The Morgan fingerprint density at radius 2 is 1.65 bits per heavy atom. The number of carbonyl (C=O) groups is 1. The molecule has 1 fully saturated rings. The molecule has 0 radical (unpaired) electrons. The quantitative estimate of drug-likeness (QED) is 0.426. The van der Waals surface area contributed by atoms with E-state index in [0.717, 1.165) is 11.8 Å². The zero-order valence-electron chi connectivity index (χ0n) is 18.6. The second-order valence-corrected chi connectivity index (χ2v) is 10.1. The number of piperazine rings is 1. The molecule has 0 atom stereocenters. The van der Waals surface area contributed by atoms with Crippen LogP contribution in [0.5, 0.6) is 0 Å². The Hall–Kier alpha value is -3.86. The van der Waals surface area contributed by atoms with E-state index in [1.165, 1.54) is 12.4 Å². The minimum Gasteiger partial charge on any atom is -0.351 e. The molecule has 0 spiro atoms. The van der Waals surface area contributed by atoms with Crippen molar-refractivity contribution in [1.29, 1.82) is 0 Å². The molecule has 2 aromatic carbocycles. The molecule has 0 unspecified atom stereocenters. The second-order valence-electron chi connectivity index (χ2n) is 8.15. The normalized spacial score (nSPS) is 14.5. The summed E-state index contributed by atoms with van der Waals surface area (Å²) in [6.07, 6.45) is 2.62.